The Balaban J connectivity index is 1.43. The number of nitrogens with one attached hydrogen (secondary N) is 2. The lowest BCUT2D eigenvalue weighted by Gasteiger charge is -2.36. The van der Waals surface area contributed by atoms with Gasteiger partial charge in [0.2, 0.25) is 0 Å². The van der Waals surface area contributed by atoms with Crippen LogP contribution < -0.4 is 15.8 Å². The van der Waals surface area contributed by atoms with Gasteiger partial charge in [0.15, 0.2) is 5.82 Å². The quantitative estimate of drug-likeness (QED) is 0.648. The first-order valence-corrected chi connectivity index (χ1v) is 10.4. The molecule has 1 aliphatic rings. The maximum absolute atomic E-state index is 15.0. The molecule has 0 spiro atoms. The number of pyridine rings is 1. The summed E-state index contributed by atoms with van der Waals surface area (Å²) in [6, 6.07) is 7.11. The van der Waals surface area contributed by atoms with E-state index in [0.717, 1.165) is 31.9 Å². The number of aromatic amines is 1. The van der Waals surface area contributed by atoms with Crippen LogP contribution >= 0.6 is 0 Å². The van der Waals surface area contributed by atoms with E-state index in [1.165, 1.54) is 0 Å². The Morgan fingerprint density at radius 3 is 2.61 bits per heavy atom. The highest BCUT2D eigenvalue weighted by molar-refractivity contribution is 5.92. The number of rotatable bonds is 5. The number of H-pyrrole nitrogens is 1. The van der Waals surface area contributed by atoms with Crippen LogP contribution in [0.3, 0.4) is 0 Å². The van der Waals surface area contributed by atoms with Gasteiger partial charge in [-0.25, -0.2) is 14.4 Å². The standard InChI is InChI=1S/C22H25FN6O2/c1-3-16-22(31)27-20-17(26-16)6-4-14(19(20)23)13-28-8-10-29(11-9-28)15-5-7-18(25-12-15)21(30)24-2/h4-7,12H,3,8-11,13H2,1-2H3,(H,24,30)(H,27,31). The largest absolute Gasteiger partial charge is 0.368 e. The Kier molecular flexibility index (Phi) is 5.94. The zero-order chi connectivity index (χ0) is 22.0. The Bertz CT molecular complexity index is 1150. The van der Waals surface area contributed by atoms with Gasteiger partial charge in [-0.2, -0.15) is 0 Å². The van der Waals surface area contributed by atoms with E-state index < -0.39 is 5.82 Å². The van der Waals surface area contributed by atoms with Crippen LogP contribution in [0.25, 0.3) is 11.0 Å². The van der Waals surface area contributed by atoms with E-state index in [-0.39, 0.29) is 17.0 Å². The summed E-state index contributed by atoms with van der Waals surface area (Å²) in [6.45, 7) is 5.38. The Morgan fingerprint density at radius 1 is 1.19 bits per heavy atom. The van der Waals surface area contributed by atoms with E-state index in [9.17, 15) is 9.59 Å². The smallest absolute Gasteiger partial charge is 0.270 e. The lowest BCUT2D eigenvalue weighted by Crippen LogP contribution is -2.46. The number of fused-ring (bicyclic) bond motifs is 1. The van der Waals surface area contributed by atoms with E-state index in [0.29, 0.717) is 35.4 Å². The Hall–Kier alpha value is -3.33. The normalized spacial score (nSPS) is 14.7. The number of hydrogen-bond donors (Lipinski definition) is 2. The van der Waals surface area contributed by atoms with Crippen LogP contribution in [0, 0.1) is 5.82 Å². The summed E-state index contributed by atoms with van der Waals surface area (Å²) in [5, 5.41) is 2.56. The molecule has 0 saturated carbocycles. The number of carbonyl (C=O) groups is 1. The van der Waals surface area contributed by atoms with Crippen molar-refractivity contribution in [2.75, 3.05) is 38.1 Å². The number of anilines is 1. The van der Waals surface area contributed by atoms with Gasteiger partial charge in [-0.05, 0) is 24.6 Å². The van der Waals surface area contributed by atoms with Gasteiger partial charge in [-0.3, -0.25) is 14.5 Å². The number of piperazine rings is 1. The summed E-state index contributed by atoms with van der Waals surface area (Å²) in [7, 11) is 1.58. The highest BCUT2D eigenvalue weighted by atomic mass is 19.1. The molecule has 3 heterocycles. The number of nitrogens with zero attached hydrogens (tertiary/aromatic N) is 4. The number of halogens is 1. The molecule has 9 heteroatoms. The number of aromatic nitrogens is 3. The van der Waals surface area contributed by atoms with Crippen molar-refractivity contribution in [3.8, 4) is 0 Å². The molecule has 0 aliphatic carbocycles. The molecule has 4 rings (SSSR count). The van der Waals surface area contributed by atoms with Crippen molar-refractivity contribution in [3.05, 3.63) is 63.6 Å². The second kappa shape index (κ2) is 8.81. The van der Waals surface area contributed by atoms with E-state index in [1.807, 2.05) is 13.0 Å². The molecule has 1 aliphatic heterocycles. The molecule has 8 nitrogen and oxygen atoms in total. The SMILES string of the molecule is CCc1nc2ccc(CN3CCN(c4ccc(C(=O)NC)nc4)CC3)c(F)c2[nH]c1=O. The molecule has 2 aromatic heterocycles. The minimum absolute atomic E-state index is 0.167. The zero-order valence-corrected chi connectivity index (χ0v) is 17.6. The molecule has 0 radical (unpaired) electrons. The van der Waals surface area contributed by atoms with Crippen LogP contribution in [0.2, 0.25) is 0 Å². The monoisotopic (exact) mass is 424 g/mol. The fourth-order valence-electron chi connectivity index (χ4n) is 3.81. The van der Waals surface area contributed by atoms with Gasteiger partial charge in [0.1, 0.15) is 16.9 Å². The van der Waals surface area contributed by atoms with Crippen molar-refractivity contribution in [1.82, 2.24) is 25.2 Å². The predicted octanol–water partition coefficient (Wildman–Crippen LogP) is 1.70. The summed E-state index contributed by atoms with van der Waals surface area (Å²) >= 11 is 0. The molecule has 1 fully saturated rings. The zero-order valence-electron chi connectivity index (χ0n) is 17.6. The number of hydrogen-bond acceptors (Lipinski definition) is 6. The number of amides is 1. The number of aryl methyl sites for hydroxylation is 1. The first kappa shape index (κ1) is 20.9. The van der Waals surface area contributed by atoms with Crippen molar-refractivity contribution in [2.45, 2.75) is 19.9 Å². The molecule has 162 valence electrons. The van der Waals surface area contributed by atoms with Crippen LogP contribution in [0.5, 0.6) is 0 Å². The molecule has 0 unspecified atom stereocenters. The number of benzene rings is 1. The molecular formula is C22H25FN6O2. The summed E-state index contributed by atoms with van der Waals surface area (Å²) < 4.78 is 15.0. The van der Waals surface area contributed by atoms with Gasteiger partial charge >= 0.3 is 0 Å². The van der Waals surface area contributed by atoms with Crippen molar-refractivity contribution in [3.63, 3.8) is 0 Å². The van der Waals surface area contributed by atoms with Crippen LogP contribution in [0.1, 0.15) is 28.7 Å². The lowest BCUT2D eigenvalue weighted by atomic mass is 10.1. The first-order chi connectivity index (χ1) is 15.0. The third-order valence-electron chi connectivity index (χ3n) is 5.63. The average Bonchev–Trinajstić information content (AvgIpc) is 2.81. The summed E-state index contributed by atoms with van der Waals surface area (Å²) in [4.78, 5) is 39.2. The van der Waals surface area contributed by atoms with Crippen LogP contribution in [-0.4, -0.2) is 59.0 Å². The van der Waals surface area contributed by atoms with Crippen molar-refractivity contribution < 1.29 is 9.18 Å². The molecule has 0 atom stereocenters. The second-order valence-corrected chi connectivity index (χ2v) is 7.54. The maximum atomic E-state index is 15.0. The fraction of sp³-hybridized carbons (Fsp3) is 0.364. The van der Waals surface area contributed by atoms with E-state index in [2.05, 4.69) is 30.1 Å². The minimum Gasteiger partial charge on any atom is -0.368 e. The highest BCUT2D eigenvalue weighted by Crippen LogP contribution is 2.21. The van der Waals surface area contributed by atoms with Gasteiger partial charge in [-0.15, -0.1) is 0 Å². The molecule has 1 amide bonds. The minimum atomic E-state index is -0.416. The van der Waals surface area contributed by atoms with Gasteiger partial charge in [-0.1, -0.05) is 13.0 Å². The van der Waals surface area contributed by atoms with Gasteiger partial charge in [0.25, 0.3) is 11.5 Å². The van der Waals surface area contributed by atoms with E-state index in [1.54, 1.807) is 31.4 Å². The average molecular weight is 424 g/mol. The number of carbonyl (C=O) groups excluding carboxylic acids is 1. The lowest BCUT2D eigenvalue weighted by molar-refractivity contribution is 0.0958. The molecule has 3 aromatic rings. The van der Waals surface area contributed by atoms with E-state index in [4.69, 9.17) is 0 Å². The summed E-state index contributed by atoms with van der Waals surface area (Å²) in [5.74, 6) is -0.627. The molecular weight excluding hydrogens is 399 g/mol. The van der Waals surface area contributed by atoms with Crippen molar-refractivity contribution in [1.29, 1.82) is 0 Å². The predicted molar refractivity (Wildman–Crippen MR) is 117 cm³/mol. The Labute approximate surface area is 179 Å². The fourth-order valence-corrected chi connectivity index (χ4v) is 3.81. The third-order valence-corrected chi connectivity index (χ3v) is 5.63. The molecule has 0 bridgehead atoms. The van der Waals surface area contributed by atoms with Crippen molar-refractivity contribution in [2.24, 2.45) is 0 Å². The third kappa shape index (κ3) is 4.27. The highest BCUT2D eigenvalue weighted by Gasteiger charge is 2.20. The molecule has 31 heavy (non-hydrogen) atoms. The van der Waals surface area contributed by atoms with E-state index >= 15 is 4.39 Å². The van der Waals surface area contributed by atoms with Crippen LogP contribution in [0.4, 0.5) is 10.1 Å². The summed E-state index contributed by atoms with van der Waals surface area (Å²) in [5.41, 5.74) is 2.59. The molecule has 1 saturated heterocycles. The topological polar surface area (TPSA) is 94.2 Å². The molecule has 1 aromatic carbocycles. The summed E-state index contributed by atoms with van der Waals surface area (Å²) in [6.07, 6.45) is 2.21. The van der Waals surface area contributed by atoms with Crippen molar-refractivity contribution >= 4 is 22.6 Å². The van der Waals surface area contributed by atoms with Gasteiger partial charge < -0.3 is 15.2 Å². The van der Waals surface area contributed by atoms with Crippen LogP contribution in [-0.2, 0) is 13.0 Å². The second-order valence-electron chi connectivity index (χ2n) is 7.54. The van der Waals surface area contributed by atoms with Gasteiger partial charge in [0, 0.05) is 45.3 Å². The Morgan fingerprint density at radius 2 is 1.97 bits per heavy atom. The van der Waals surface area contributed by atoms with Crippen LogP contribution in [0.15, 0.2) is 35.3 Å². The maximum Gasteiger partial charge on any atom is 0.270 e. The van der Waals surface area contributed by atoms with Gasteiger partial charge in [0.05, 0.1) is 17.4 Å². The first-order valence-electron chi connectivity index (χ1n) is 10.4. The molecule has 2 N–H and O–H groups in total.